The molecule has 11 nitrogen and oxygen atoms in total. The first-order chi connectivity index (χ1) is 16.8. The van der Waals surface area contributed by atoms with E-state index in [0.717, 1.165) is 5.56 Å². The zero-order valence-electron chi connectivity index (χ0n) is 19.6. The van der Waals surface area contributed by atoms with E-state index < -0.39 is 35.8 Å². The maximum atomic E-state index is 12.9. The molecule has 0 unspecified atom stereocenters. The summed E-state index contributed by atoms with van der Waals surface area (Å²) in [5.74, 6) is -1.56. The molecule has 1 aliphatic rings. The number of fused-ring (bicyclic) bond motifs is 2. The van der Waals surface area contributed by atoms with Crippen molar-refractivity contribution in [2.75, 3.05) is 32.8 Å². The quantitative estimate of drug-likeness (QED) is 0.455. The van der Waals surface area contributed by atoms with E-state index in [2.05, 4.69) is 20.9 Å². The van der Waals surface area contributed by atoms with Gasteiger partial charge >= 0.3 is 0 Å². The summed E-state index contributed by atoms with van der Waals surface area (Å²) in [5.41, 5.74) is 1.33. The maximum Gasteiger partial charge on any atom is 0.255 e. The minimum absolute atomic E-state index is 0.00496. The molecule has 1 aromatic heterocycles. The Morgan fingerprint density at radius 3 is 2.71 bits per heavy atom. The fourth-order valence-electron chi connectivity index (χ4n) is 3.46. The fraction of sp³-hybridized carbons (Fsp3) is 0.375. The number of carbonyl (C=O) groups excluding carboxylic acids is 4. The van der Waals surface area contributed by atoms with Gasteiger partial charge in [0.25, 0.3) is 11.8 Å². The van der Waals surface area contributed by atoms with Gasteiger partial charge in [-0.05, 0) is 43.7 Å². The lowest BCUT2D eigenvalue weighted by molar-refractivity contribution is -0.125. The standard InChI is InChI=1S/C24H29N5O6/c1-15-5-6-17-12-19(15)35-11-9-26-20(31)14-29(24(34)18-4-3-7-25-13-18)10-8-27-23(33)21(16(2)30)28-22(17)32/h3-7,12-13,16,21,30H,8-11,14H2,1-2H3,(H,26,31)(H,27,33)(H,28,32)/t16-,21+/m1/s1. The Morgan fingerprint density at radius 2 is 2.00 bits per heavy atom. The van der Waals surface area contributed by atoms with Crippen LogP contribution < -0.4 is 20.7 Å². The van der Waals surface area contributed by atoms with Crippen LogP contribution >= 0.6 is 0 Å². The van der Waals surface area contributed by atoms with Crippen molar-refractivity contribution < 1.29 is 29.0 Å². The van der Waals surface area contributed by atoms with E-state index in [9.17, 15) is 24.3 Å². The van der Waals surface area contributed by atoms with E-state index in [-0.39, 0.29) is 38.3 Å². The molecule has 2 aromatic rings. The van der Waals surface area contributed by atoms with Crippen molar-refractivity contribution >= 4 is 23.6 Å². The third-order valence-electron chi connectivity index (χ3n) is 5.39. The number of hydrogen-bond donors (Lipinski definition) is 4. The van der Waals surface area contributed by atoms with Crippen molar-refractivity contribution in [3.05, 3.63) is 59.4 Å². The van der Waals surface area contributed by atoms with Crippen LogP contribution in [0.5, 0.6) is 5.75 Å². The van der Waals surface area contributed by atoms with Gasteiger partial charge in [-0.25, -0.2) is 0 Å². The number of ether oxygens (including phenoxy) is 1. The van der Waals surface area contributed by atoms with E-state index in [0.29, 0.717) is 11.3 Å². The van der Waals surface area contributed by atoms with E-state index in [1.54, 1.807) is 24.3 Å². The first-order valence-corrected chi connectivity index (χ1v) is 11.2. The Kier molecular flexibility index (Phi) is 8.74. The molecule has 0 spiro atoms. The van der Waals surface area contributed by atoms with Crippen LogP contribution in [0.3, 0.4) is 0 Å². The van der Waals surface area contributed by atoms with Crippen LogP contribution in [-0.2, 0) is 9.59 Å². The molecule has 3 rings (SSSR count). The lowest BCUT2D eigenvalue weighted by atomic mass is 10.1. The highest BCUT2D eigenvalue weighted by Crippen LogP contribution is 2.20. The number of aliphatic hydroxyl groups excluding tert-OH is 1. The van der Waals surface area contributed by atoms with Crippen LogP contribution in [0, 0.1) is 6.92 Å². The van der Waals surface area contributed by atoms with Crippen molar-refractivity contribution in [3.63, 3.8) is 0 Å². The van der Waals surface area contributed by atoms with Crippen LogP contribution in [0.1, 0.15) is 33.2 Å². The second-order valence-corrected chi connectivity index (χ2v) is 8.13. The average Bonchev–Trinajstić information content (AvgIpc) is 2.84. The zero-order valence-corrected chi connectivity index (χ0v) is 19.6. The van der Waals surface area contributed by atoms with E-state index in [4.69, 9.17) is 4.74 Å². The molecule has 0 radical (unpaired) electrons. The highest BCUT2D eigenvalue weighted by molar-refractivity contribution is 5.98. The predicted molar refractivity (Wildman–Crippen MR) is 126 cm³/mol. The normalized spacial score (nSPS) is 18.9. The molecule has 35 heavy (non-hydrogen) atoms. The van der Waals surface area contributed by atoms with Gasteiger partial charge < -0.3 is 30.7 Å². The second kappa shape index (κ2) is 11.9. The van der Waals surface area contributed by atoms with Gasteiger partial charge in [-0.2, -0.15) is 0 Å². The lowest BCUT2D eigenvalue weighted by Gasteiger charge is -2.24. The van der Waals surface area contributed by atoms with Crippen molar-refractivity contribution in [2.45, 2.75) is 26.0 Å². The molecule has 0 saturated heterocycles. The number of hydrogen-bond acceptors (Lipinski definition) is 7. The average molecular weight is 484 g/mol. The van der Waals surface area contributed by atoms with Crippen LogP contribution in [0.2, 0.25) is 0 Å². The van der Waals surface area contributed by atoms with Crippen molar-refractivity contribution in [2.24, 2.45) is 0 Å². The van der Waals surface area contributed by atoms with Crippen molar-refractivity contribution in [3.8, 4) is 5.75 Å². The summed E-state index contributed by atoms with van der Waals surface area (Å²) in [7, 11) is 0. The molecule has 4 N–H and O–H groups in total. The summed E-state index contributed by atoms with van der Waals surface area (Å²) in [5, 5.41) is 18.0. The first kappa shape index (κ1) is 25.6. The van der Waals surface area contributed by atoms with Gasteiger partial charge in [0.1, 0.15) is 18.4 Å². The number of amides is 4. The molecule has 0 saturated carbocycles. The summed E-state index contributed by atoms with van der Waals surface area (Å²) in [4.78, 5) is 56.2. The molecule has 186 valence electrons. The van der Waals surface area contributed by atoms with Crippen LogP contribution in [0.25, 0.3) is 0 Å². The topological polar surface area (TPSA) is 150 Å². The molecular weight excluding hydrogens is 454 g/mol. The van der Waals surface area contributed by atoms with Gasteiger partial charge in [-0.1, -0.05) is 6.07 Å². The van der Waals surface area contributed by atoms with Gasteiger partial charge in [-0.15, -0.1) is 0 Å². The lowest BCUT2D eigenvalue weighted by Crippen LogP contribution is -2.53. The minimum atomic E-state index is -1.23. The summed E-state index contributed by atoms with van der Waals surface area (Å²) in [6.07, 6.45) is 1.74. The Labute approximate surface area is 202 Å². The number of benzene rings is 1. The molecule has 0 fully saturated rings. The van der Waals surface area contributed by atoms with Crippen molar-refractivity contribution in [1.82, 2.24) is 25.8 Å². The van der Waals surface area contributed by atoms with Gasteiger partial charge in [0.2, 0.25) is 11.8 Å². The number of carbonyl (C=O) groups is 4. The third-order valence-corrected chi connectivity index (χ3v) is 5.39. The van der Waals surface area contributed by atoms with Gasteiger partial charge in [0.05, 0.1) is 24.8 Å². The Hall–Kier alpha value is -3.99. The van der Waals surface area contributed by atoms with E-state index in [1.165, 1.54) is 30.3 Å². The Morgan fingerprint density at radius 1 is 1.20 bits per heavy atom. The van der Waals surface area contributed by atoms with Gasteiger partial charge in [-0.3, -0.25) is 24.2 Å². The van der Waals surface area contributed by atoms with Gasteiger partial charge in [0, 0.05) is 31.0 Å². The Balaban J connectivity index is 1.83. The number of pyridine rings is 1. The largest absolute Gasteiger partial charge is 0.491 e. The molecule has 2 bridgehead atoms. The highest BCUT2D eigenvalue weighted by atomic mass is 16.5. The summed E-state index contributed by atoms with van der Waals surface area (Å²) in [6, 6.07) is 6.80. The van der Waals surface area contributed by atoms with Crippen molar-refractivity contribution in [1.29, 1.82) is 0 Å². The smallest absolute Gasteiger partial charge is 0.255 e. The summed E-state index contributed by atoms with van der Waals surface area (Å²) < 4.78 is 5.73. The third kappa shape index (κ3) is 7.00. The first-order valence-electron chi connectivity index (χ1n) is 11.2. The predicted octanol–water partition coefficient (Wildman–Crippen LogP) is -0.364. The Bertz CT molecular complexity index is 1080. The van der Waals surface area contributed by atoms with Gasteiger partial charge in [0.15, 0.2) is 0 Å². The molecular formula is C24H29N5O6. The maximum absolute atomic E-state index is 12.9. The number of aliphatic hydroxyl groups is 1. The summed E-state index contributed by atoms with van der Waals surface area (Å²) in [6.45, 7) is 3.30. The molecule has 11 heteroatoms. The molecule has 2 heterocycles. The molecule has 2 atom stereocenters. The molecule has 4 amide bonds. The number of aromatic nitrogens is 1. The molecule has 0 aliphatic carbocycles. The summed E-state index contributed by atoms with van der Waals surface area (Å²) >= 11 is 0. The van der Waals surface area contributed by atoms with Crippen LogP contribution in [-0.4, -0.2) is 83.6 Å². The SMILES string of the molecule is Cc1ccc2cc1OCCNC(=O)CN(C(=O)c1cccnc1)CCNC(=O)[C@H]([C@@H](C)O)NC2=O. The number of nitrogens with one attached hydrogen (secondary N) is 3. The highest BCUT2D eigenvalue weighted by Gasteiger charge is 2.27. The monoisotopic (exact) mass is 483 g/mol. The number of nitrogens with zero attached hydrogens (tertiary/aromatic N) is 2. The van der Waals surface area contributed by atoms with Crippen LogP contribution in [0.15, 0.2) is 42.7 Å². The zero-order chi connectivity index (χ0) is 25.4. The minimum Gasteiger partial charge on any atom is -0.491 e. The number of rotatable bonds is 2. The fourth-order valence-corrected chi connectivity index (χ4v) is 3.46. The number of aryl methyl sites for hydroxylation is 1. The van der Waals surface area contributed by atoms with E-state index >= 15 is 0 Å². The molecule has 1 aromatic carbocycles. The molecule has 1 aliphatic heterocycles. The second-order valence-electron chi connectivity index (χ2n) is 8.13. The van der Waals surface area contributed by atoms with Crippen LogP contribution in [0.4, 0.5) is 0 Å². The van der Waals surface area contributed by atoms with E-state index in [1.807, 2.05) is 6.92 Å².